The van der Waals surface area contributed by atoms with Crippen LogP contribution in [0.5, 0.6) is 0 Å². The van der Waals surface area contributed by atoms with Gasteiger partial charge in [-0.3, -0.25) is 0 Å². The highest BCUT2D eigenvalue weighted by Gasteiger charge is 1.95. The first-order valence-corrected chi connectivity index (χ1v) is 5.52. The number of thioether (sulfide) groups is 1. The van der Waals surface area contributed by atoms with Crippen LogP contribution in [0.3, 0.4) is 0 Å². The van der Waals surface area contributed by atoms with Gasteiger partial charge in [-0.1, -0.05) is 6.07 Å². The van der Waals surface area contributed by atoms with Crippen LogP contribution < -0.4 is 10.6 Å². The minimum Gasteiger partial charge on any atom is -0.366 e. The standard InChI is InChI=1S/C9H12N2S2/c1-10-9(12)11-7-4-3-5-8(6-7)13-2/h3-6H,1-2H3,(H2,10,11,12). The fraction of sp³-hybridized carbons (Fsp3) is 0.222. The normalized spacial score (nSPS) is 9.38. The fourth-order valence-electron chi connectivity index (χ4n) is 0.894. The zero-order valence-electron chi connectivity index (χ0n) is 7.63. The van der Waals surface area contributed by atoms with E-state index in [9.17, 15) is 0 Å². The van der Waals surface area contributed by atoms with Crippen LogP contribution >= 0.6 is 24.0 Å². The number of anilines is 1. The van der Waals surface area contributed by atoms with E-state index in [2.05, 4.69) is 29.0 Å². The number of thiocarbonyl (C=S) groups is 1. The molecule has 0 aliphatic rings. The average molecular weight is 212 g/mol. The van der Waals surface area contributed by atoms with Gasteiger partial charge in [0.15, 0.2) is 5.11 Å². The Labute approximate surface area is 88.1 Å². The van der Waals surface area contributed by atoms with Crippen molar-refractivity contribution < 1.29 is 0 Å². The Morgan fingerprint density at radius 1 is 1.46 bits per heavy atom. The Balaban J connectivity index is 2.71. The third kappa shape index (κ3) is 3.24. The molecule has 0 aromatic heterocycles. The Kier molecular flexibility index (Phi) is 4.05. The SMILES string of the molecule is CNC(=S)Nc1cccc(SC)c1. The van der Waals surface area contributed by atoms with Crippen LogP contribution in [-0.4, -0.2) is 18.4 Å². The van der Waals surface area contributed by atoms with Gasteiger partial charge in [0.2, 0.25) is 0 Å². The van der Waals surface area contributed by atoms with Crippen molar-refractivity contribution in [3.63, 3.8) is 0 Å². The fourth-order valence-corrected chi connectivity index (χ4v) is 1.47. The lowest BCUT2D eigenvalue weighted by molar-refractivity contribution is 1.19. The molecule has 0 radical (unpaired) electrons. The van der Waals surface area contributed by atoms with Crippen molar-refractivity contribution in [1.29, 1.82) is 0 Å². The monoisotopic (exact) mass is 212 g/mol. The first kappa shape index (κ1) is 10.3. The van der Waals surface area contributed by atoms with Crippen LogP contribution in [-0.2, 0) is 0 Å². The van der Waals surface area contributed by atoms with Gasteiger partial charge >= 0.3 is 0 Å². The predicted molar refractivity (Wildman–Crippen MR) is 63.5 cm³/mol. The van der Waals surface area contributed by atoms with Gasteiger partial charge in [0, 0.05) is 17.6 Å². The summed E-state index contributed by atoms with van der Waals surface area (Å²) in [4.78, 5) is 1.23. The summed E-state index contributed by atoms with van der Waals surface area (Å²) in [7, 11) is 1.80. The molecule has 0 amide bonds. The van der Waals surface area contributed by atoms with Crippen LogP contribution in [0.15, 0.2) is 29.2 Å². The van der Waals surface area contributed by atoms with Gasteiger partial charge in [0.1, 0.15) is 0 Å². The molecule has 0 bridgehead atoms. The molecular formula is C9H12N2S2. The van der Waals surface area contributed by atoms with Gasteiger partial charge in [0.25, 0.3) is 0 Å². The van der Waals surface area contributed by atoms with Gasteiger partial charge in [-0.15, -0.1) is 11.8 Å². The molecule has 1 aromatic rings. The number of benzene rings is 1. The summed E-state index contributed by atoms with van der Waals surface area (Å²) < 4.78 is 0. The maximum absolute atomic E-state index is 4.99. The van der Waals surface area contributed by atoms with Gasteiger partial charge < -0.3 is 10.6 Å². The molecule has 70 valence electrons. The molecule has 0 aliphatic heterocycles. The average Bonchev–Trinajstić information content (AvgIpc) is 2.18. The Morgan fingerprint density at radius 2 is 2.23 bits per heavy atom. The Hall–Kier alpha value is -0.740. The van der Waals surface area contributed by atoms with Crippen molar-refractivity contribution in [3.05, 3.63) is 24.3 Å². The largest absolute Gasteiger partial charge is 0.366 e. The molecule has 13 heavy (non-hydrogen) atoms. The highest BCUT2D eigenvalue weighted by Crippen LogP contribution is 2.18. The van der Waals surface area contributed by atoms with Crippen molar-refractivity contribution in [1.82, 2.24) is 5.32 Å². The van der Waals surface area contributed by atoms with E-state index >= 15 is 0 Å². The van der Waals surface area contributed by atoms with Crippen LogP contribution in [0.25, 0.3) is 0 Å². The predicted octanol–water partition coefficient (Wildman–Crippen LogP) is 2.32. The smallest absolute Gasteiger partial charge is 0.170 e. The number of nitrogens with one attached hydrogen (secondary N) is 2. The van der Waals surface area contributed by atoms with Crippen molar-refractivity contribution in [2.45, 2.75) is 4.90 Å². The summed E-state index contributed by atoms with van der Waals surface area (Å²) >= 11 is 6.70. The van der Waals surface area contributed by atoms with Gasteiger partial charge in [-0.2, -0.15) is 0 Å². The van der Waals surface area contributed by atoms with Crippen LogP contribution in [0, 0.1) is 0 Å². The molecule has 2 nitrogen and oxygen atoms in total. The quantitative estimate of drug-likeness (QED) is 0.580. The van der Waals surface area contributed by atoms with Gasteiger partial charge in [-0.05, 0) is 36.7 Å². The van der Waals surface area contributed by atoms with Crippen LogP contribution in [0.4, 0.5) is 5.69 Å². The second kappa shape index (κ2) is 5.09. The lowest BCUT2D eigenvalue weighted by Gasteiger charge is -2.07. The highest BCUT2D eigenvalue weighted by molar-refractivity contribution is 7.98. The molecule has 1 aromatic carbocycles. The van der Waals surface area contributed by atoms with E-state index in [1.807, 2.05) is 12.1 Å². The van der Waals surface area contributed by atoms with Crippen molar-refractivity contribution in [2.75, 3.05) is 18.6 Å². The molecule has 0 unspecified atom stereocenters. The summed E-state index contributed by atoms with van der Waals surface area (Å²) in [5.74, 6) is 0. The maximum atomic E-state index is 4.99. The van der Waals surface area contributed by atoms with Crippen molar-refractivity contribution in [3.8, 4) is 0 Å². The van der Waals surface area contributed by atoms with E-state index in [1.54, 1.807) is 18.8 Å². The minimum absolute atomic E-state index is 0.637. The van der Waals surface area contributed by atoms with Gasteiger partial charge in [0.05, 0.1) is 0 Å². The van der Waals surface area contributed by atoms with E-state index in [0.29, 0.717) is 5.11 Å². The molecule has 0 fully saturated rings. The topological polar surface area (TPSA) is 24.1 Å². The lowest BCUT2D eigenvalue weighted by atomic mass is 10.3. The molecule has 0 saturated heterocycles. The summed E-state index contributed by atoms with van der Waals surface area (Å²) in [5.41, 5.74) is 1.02. The summed E-state index contributed by atoms with van der Waals surface area (Å²) in [5, 5.41) is 6.58. The third-order valence-corrected chi connectivity index (χ3v) is 2.59. The summed E-state index contributed by atoms with van der Waals surface area (Å²) in [6.07, 6.45) is 2.05. The van der Waals surface area contributed by atoms with Crippen LogP contribution in [0.2, 0.25) is 0 Å². The van der Waals surface area contributed by atoms with E-state index < -0.39 is 0 Å². The molecule has 0 heterocycles. The van der Waals surface area contributed by atoms with Crippen molar-refractivity contribution >= 4 is 34.8 Å². The Morgan fingerprint density at radius 3 is 2.85 bits per heavy atom. The highest BCUT2D eigenvalue weighted by atomic mass is 32.2. The second-order valence-corrected chi connectivity index (χ2v) is 3.72. The van der Waals surface area contributed by atoms with E-state index in [1.165, 1.54) is 4.90 Å². The van der Waals surface area contributed by atoms with Gasteiger partial charge in [-0.25, -0.2) is 0 Å². The molecule has 0 aliphatic carbocycles. The molecule has 1 rings (SSSR count). The molecule has 2 N–H and O–H groups in total. The second-order valence-electron chi connectivity index (χ2n) is 2.44. The zero-order valence-corrected chi connectivity index (χ0v) is 9.26. The summed E-state index contributed by atoms with van der Waals surface area (Å²) in [6, 6.07) is 8.13. The molecule has 0 atom stereocenters. The minimum atomic E-state index is 0.637. The first-order chi connectivity index (χ1) is 6.26. The third-order valence-electron chi connectivity index (χ3n) is 1.55. The lowest BCUT2D eigenvalue weighted by Crippen LogP contribution is -2.23. The van der Waals surface area contributed by atoms with Crippen LogP contribution in [0.1, 0.15) is 0 Å². The van der Waals surface area contributed by atoms with E-state index in [-0.39, 0.29) is 0 Å². The van der Waals surface area contributed by atoms with Crippen molar-refractivity contribution in [2.24, 2.45) is 0 Å². The van der Waals surface area contributed by atoms with E-state index in [4.69, 9.17) is 12.2 Å². The zero-order chi connectivity index (χ0) is 9.68. The molecule has 0 saturated carbocycles. The van der Waals surface area contributed by atoms with E-state index in [0.717, 1.165) is 5.69 Å². The molecule has 4 heteroatoms. The first-order valence-electron chi connectivity index (χ1n) is 3.89. The number of hydrogen-bond acceptors (Lipinski definition) is 2. The maximum Gasteiger partial charge on any atom is 0.170 e. The molecule has 0 spiro atoms. The number of rotatable bonds is 2. The molecular weight excluding hydrogens is 200 g/mol. The summed E-state index contributed by atoms with van der Waals surface area (Å²) in [6.45, 7) is 0. The Bertz CT molecular complexity index is 299. The number of hydrogen-bond donors (Lipinski definition) is 2.